The molecule has 0 aliphatic rings. The molecule has 0 spiro atoms. The van der Waals surface area contributed by atoms with E-state index in [0.29, 0.717) is 0 Å². The molecule has 0 heterocycles. The normalized spacial score (nSPS) is 5.80. The molecule has 10 heavy (non-hydrogen) atoms. The van der Waals surface area contributed by atoms with Crippen molar-refractivity contribution in [2.75, 3.05) is 0 Å². The van der Waals surface area contributed by atoms with Crippen LogP contribution in [-0.4, -0.2) is 40.6 Å². The summed E-state index contributed by atoms with van der Waals surface area (Å²) < 4.78 is 34.1. The van der Waals surface area contributed by atoms with Crippen molar-refractivity contribution in [3.63, 3.8) is 0 Å². The Balaban J connectivity index is -0.00000000800. The zero-order valence-corrected chi connectivity index (χ0v) is 13.2. The van der Waals surface area contributed by atoms with Crippen LogP contribution >= 0.6 is 0 Å². The fraction of sp³-hybridized carbons (Fsp3) is 0. The minimum Gasteiger partial charge on any atom is -1.00 e. The van der Waals surface area contributed by atoms with Gasteiger partial charge in [-0.05, 0) is 0 Å². The van der Waals surface area contributed by atoms with Crippen molar-refractivity contribution < 1.29 is 101 Å². The molecule has 0 rings (SSSR count). The average molecular weight is 237 g/mol. The van der Waals surface area contributed by atoms with Gasteiger partial charge < -0.3 is 33.9 Å². The van der Waals surface area contributed by atoms with Crippen LogP contribution in [0.1, 0.15) is 0 Å². The molecule has 10 heteroatoms. The summed E-state index contributed by atoms with van der Waals surface area (Å²) in [6.07, 6.45) is 0. The molecule has 0 aromatic rings. The Labute approximate surface area is 132 Å². The van der Waals surface area contributed by atoms with Crippen LogP contribution in [-0.2, 0) is 10.4 Å². The Morgan fingerprint density at radius 2 is 0.900 bits per heavy atom. The second kappa shape index (κ2) is 18.1. The first-order valence-corrected chi connectivity index (χ1v) is 2.00. The monoisotopic (exact) mass is 236 g/mol. The SMILES string of the molecule is O=S(=O)([O-])[O-].[Cl-].[Cl-].[Mg+2].[Na+].[Na+]. The third kappa shape index (κ3) is 113. The summed E-state index contributed by atoms with van der Waals surface area (Å²) in [7, 11) is -5.17. The molecule has 48 valence electrons. The van der Waals surface area contributed by atoms with Crippen molar-refractivity contribution in [2.45, 2.75) is 0 Å². The van der Waals surface area contributed by atoms with E-state index in [1.165, 1.54) is 0 Å². The number of hydrogen-bond acceptors (Lipinski definition) is 4. The second-order valence-corrected chi connectivity index (χ2v) is 1.22. The van der Waals surface area contributed by atoms with E-state index in [1.807, 2.05) is 0 Å². The first kappa shape index (κ1) is 37.9. The van der Waals surface area contributed by atoms with Crippen LogP contribution in [0.15, 0.2) is 0 Å². The van der Waals surface area contributed by atoms with Crippen molar-refractivity contribution in [1.82, 2.24) is 0 Å². The Kier molecular flexibility index (Phi) is 68.5. The number of rotatable bonds is 0. The molecule has 0 unspecified atom stereocenters. The van der Waals surface area contributed by atoms with E-state index < -0.39 is 10.4 Å². The van der Waals surface area contributed by atoms with Gasteiger partial charge in [0.25, 0.3) is 0 Å². The fourth-order valence-electron chi connectivity index (χ4n) is 0. The molecular weight excluding hydrogens is 237 g/mol. The minimum atomic E-state index is -5.17. The summed E-state index contributed by atoms with van der Waals surface area (Å²) in [5, 5.41) is 0. The van der Waals surface area contributed by atoms with Gasteiger partial charge in [0.15, 0.2) is 0 Å². The maximum Gasteiger partial charge on any atom is 2.00 e. The quantitative estimate of drug-likeness (QED) is 0.238. The summed E-state index contributed by atoms with van der Waals surface area (Å²) >= 11 is 0. The van der Waals surface area contributed by atoms with Crippen molar-refractivity contribution in [3.8, 4) is 0 Å². The van der Waals surface area contributed by atoms with Gasteiger partial charge in [-0.25, -0.2) is 0 Å². The molecule has 0 saturated heterocycles. The summed E-state index contributed by atoms with van der Waals surface area (Å²) in [4.78, 5) is 0. The van der Waals surface area contributed by atoms with E-state index >= 15 is 0 Å². The van der Waals surface area contributed by atoms with Crippen LogP contribution < -0.4 is 83.9 Å². The Hall–Kier alpha value is 3.22. The number of hydrogen-bond donors (Lipinski definition) is 0. The van der Waals surface area contributed by atoms with Gasteiger partial charge in [0.05, 0.1) is 0 Å². The molecule has 0 N–H and O–H groups in total. The van der Waals surface area contributed by atoms with E-state index in [0.717, 1.165) is 0 Å². The molecule has 0 atom stereocenters. The van der Waals surface area contributed by atoms with Crippen molar-refractivity contribution >= 4 is 33.5 Å². The van der Waals surface area contributed by atoms with E-state index in [2.05, 4.69) is 0 Å². The summed E-state index contributed by atoms with van der Waals surface area (Å²) in [6.45, 7) is 0. The molecular formula is Cl2MgNa2O4S. The summed E-state index contributed by atoms with van der Waals surface area (Å²) in [6, 6.07) is 0. The number of halogens is 2. The molecule has 0 aromatic heterocycles. The van der Waals surface area contributed by atoms with Crippen LogP contribution in [0, 0.1) is 0 Å². The topological polar surface area (TPSA) is 80.3 Å². The van der Waals surface area contributed by atoms with Crippen molar-refractivity contribution in [2.24, 2.45) is 0 Å². The molecule has 0 aliphatic carbocycles. The molecule has 0 aliphatic heterocycles. The predicted octanol–water partition coefficient (Wildman–Crippen LogP) is -13.7. The fourth-order valence-corrected chi connectivity index (χ4v) is 0. The maximum absolute atomic E-state index is 8.52. The Bertz CT molecular complexity index is 104. The van der Waals surface area contributed by atoms with Gasteiger partial charge in [0.2, 0.25) is 0 Å². The molecule has 0 saturated carbocycles. The summed E-state index contributed by atoms with van der Waals surface area (Å²) in [5.74, 6) is 0. The standard InChI is InChI=1S/2ClH.Mg.2Na.H2O4S/c;;;;;1-5(2,3)4/h2*1H;;;;(H2,1,2,3,4)/q;;+2;2*+1;/p-4. The minimum absolute atomic E-state index is 0. The first-order chi connectivity index (χ1) is 2.00. The molecule has 0 aromatic carbocycles. The zero-order valence-electron chi connectivity index (χ0n) is 5.50. The van der Waals surface area contributed by atoms with E-state index in [-0.39, 0.29) is 107 Å². The molecule has 0 amide bonds. The third-order valence-electron chi connectivity index (χ3n) is 0. The molecule has 0 fully saturated rings. The summed E-state index contributed by atoms with van der Waals surface area (Å²) in [5.41, 5.74) is 0. The van der Waals surface area contributed by atoms with Crippen LogP contribution in [0.25, 0.3) is 0 Å². The first-order valence-electron chi connectivity index (χ1n) is 0.667. The van der Waals surface area contributed by atoms with E-state index in [1.54, 1.807) is 0 Å². The predicted molar refractivity (Wildman–Crippen MR) is 16.2 cm³/mol. The van der Waals surface area contributed by atoms with Crippen LogP contribution in [0.2, 0.25) is 0 Å². The second-order valence-electron chi connectivity index (χ2n) is 0.408. The average Bonchev–Trinajstić information content (AvgIpc) is 0.722. The van der Waals surface area contributed by atoms with E-state index in [9.17, 15) is 0 Å². The van der Waals surface area contributed by atoms with Gasteiger partial charge >= 0.3 is 82.2 Å². The van der Waals surface area contributed by atoms with E-state index in [4.69, 9.17) is 17.5 Å². The van der Waals surface area contributed by atoms with Gasteiger partial charge in [-0.15, -0.1) is 0 Å². The zero-order chi connectivity index (χ0) is 4.50. The molecule has 0 bridgehead atoms. The van der Waals surface area contributed by atoms with Crippen molar-refractivity contribution in [3.05, 3.63) is 0 Å². The van der Waals surface area contributed by atoms with Crippen LogP contribution in [0.3, 0.4) is 0 Å². The van der Waals surface area contributed by atoms with Gasteiger partial charge in [-0.3, -0.25) is 8.42 Å². The largest absolute Gasteiger partial charge is 2.00 e. The third-order valence-corrected chi connectivity index (χ3v) is 0. The smallest absolute Gasteiger partial charge is 1.00 e. The molecule has 4 nitrogen and oxygen atoms in total. The maximum atomic E-state index is 8.52. The van der Waals surface area contributed by atoms with Gasteiger partial charge in [-0.2, -0.15) is 0 Å². The van der Waals surface area contributed by atoms with Gasteiger partial charge in [0, 0.05) is 10.4 Å². The van der Waals surface area contributed by atoms with Crippen LogP contribution in [0.4, 0.5) is 0 Å². The molecule has 0 radical (unpaired) electrons. The van der Waals surface area contributed by atoms with Gasteiger partial charge in [0.1, 0.15) is 0 Å². The van der Waals surface area contributed by atoms with Gasteiger partial charge in [-0.1, -0.05) is 0 Å². The van der Waals surface area contributed by atoms with Crippen LogP contribution in [0.5, 0.6) is 0 Å². The van der Waals surface area contributed by atoms with Crippen molar-refractivity contribution in [1.29, 1.82) is 0 Å². The Morgan fingerprint density at radius 1 is 0.900 bits per heavy atom. The Morgan fingerprint density at radius 3 is 0.900 bits per heavy atom.